The summed E-state index contributed by atoms with van der Waals surface area (Å²) in [6.45, 7) is 2.56. The van der Waals surface area contributed by atoms with Crippen LogP contribution in [0, 0.1) is 6.92 Å². The van der Waals surface area contributed by atoms with E-state index in [0.717, 1.165) is 30.1 Å². The number of para-hydroxylation sites is 1. The average molecular weight is 498 g/mol. The molecule has 3 aromatic rings. The van der Waals surface area contributed by atoms with Crippen LogP contribution in [0.15, 0.2) is 53.8 Å². The minimum atomic E-state index is -3.67. The van der Waals surface area contributed by atoms with Gasteiger partial charge in [-0.1, -0.05) is 41.4 Å². The van der Waals surface area contributed by atoms with Crippen molar-refractivity contribution in [3.05, 3.63) is 75.4 Å². The van der Waals surface area contributed by atoms with Crippen LogP contribution in [-0.2, 0) is 16.4 Å². The van der Waals surface area contributed by atoms with Crippen molar-refractivity contribution < 1.29 is 23.1 Å². The second-order valence-corrected chi connectivity index (χ2v) is 9.41. The van der Waals surface area contributed by atoms with Gasteiger partial charge in [-0.2, -0.15) is 4.98 Å². The van der Waals surface area contributed by atoms with E-state index in [1.165, 1.54) is 0 Å². The van der Waals surface area contributed by atoms with E-state index in [4.69, 9.17) is 33.0 Å². The maximum atomic E-state index is 11.5. The van der Waals surface area contributed by atoms with Gasteiger partial charge in [-0.05, 0) is 49.4 Å². The Balaban J connectivity index is 0.000000278. The van der Waals surface area contributed by atoms with E-state index in [9.17, 15) is 13.2 Å². The number of aromatic nitrogens is 2. The molecule has 1 aromatic heterocycles. The molecule has 0 spiro atoms. The van der Waals surface area contributed by atoms with Gasteiger partial charge < -0.3 is 15.2 Å². The summed E-state index contributed by atoms with van der Waals surface area (Å²) in [7, 11) is -1.78. The lowest BCUT2D eigenvalue weighted by Crippen LogP contribution is -2.09. The van der Waals surface area contributed by atoms with E-state index >= 15 is 0 Å². The van der Waals surface area contributed by atoms with Gasteiger partial charge in [0.2, 0.25) is 20.9 Å². The Morgan fingerprint density at radius 2 is 1.78 bits per heavy atom. The van der Waals surface area contributed by atoms with Crippen molar-refractivity contribution in [1.29, 1.82) is 0 Å². The monoisotopic (exact) mass is 497 g/mol. The van der Waals surface area contributed by atoms with E-state index < -0.39 is 21.0 Å². The number of nitrogens with zero attached hydrogens (tertiary/aromatic N) is 2. The molecule has 170 valence electrons. The summed E-state index contributed by atoms with van der Waals surface area (Å²) in [6, 6.07) is 12.4. The summed E-state index contributed by atoms with van der Waals surface area (Å²) in [5.74, 6) is -1.23. The lowest BCUT2D eigenvalue weighted by Gasteiger charge is -2.10. The van der Waals surface area contributed by atoms with Crippen molar-refractivity contribution in [3.63, 3.8) is 0 Å². The van der Waals surface area contributed by atoms with E-state index in [1.54, 1.807) is 37.3 Å². The zero-order valence-corrected chi connectivity index (χ0v) is 19.8. The Bertz CT molecular complexity index is 1200. The SMILES string of the molecule is CNCc1cc(Cl)cc(Cl)c1.Cc1ccccc1Oc1nc(S(C)(=O)=O)ncc1C(=O)O. The average Bonchev–Trinajstić information content (AvgIpc) is 2.69. The topological polar surface area (TPSA) is 118 Å². The third kappa shape index (κ3) is 7.45. The molecular weight excluding hydrogens is 477 g/mol. The van der Waals surface area contributed by atoms with Crippen LogP contribution >= 0.6 is 23.2 Å². The Hall–Kier alpha value is -2.72. The van der Waals surface area contributed by atoms with Gasteiger partial charge in [-0.25, -0.2) is 18.2 Å². The molecule has 32 heavy (non-hydrogen) atoms. The number of benzene rings is 2. The highest BCUT2D eigenvalue weighted by molar-refractivity contribution is 7.90. The quantitative estimate of drug-likeness (QED) is 0.481. The number of aromatic carboxylic acids is 1. The molecule has 2 N–H and O–H groups in total. The smallest absolute Gasteiger partial charge is 0.342 e. The van der Waals surface area contributed by atoms with Crippen LogP contribution in [0.5, 0.6) is 11.6 Å². The van der Waals surface area contributed by atoms with Crippen molar-refractivity contribution in [3.8, 4) is 11.6 Å². The molecule has 0 saturated heterocycles. The molecule has 0 aliphatic carbocycles. The fourth-order valence-electron chi connectivity index (χ4n) is 2.45. The largest absolute Gasteiger partial charge is 0.477 e. The molecule has 0 aliphatic heterocycles. The molecule has 0 unspecified atom stereocenters. The second-order valence-electron chi connectivity index (χ2n) is 6.62. The van der Waals surface area contributed by atoms with Crippen LogP contribution < -0.4 is 10.1 Å². The number of hydrogen-bond donors (Lipinski definition) is 2. The number of carboxylic acid groups (broad SMARTS) is 1. The highest BCUT2D eigenvalue weighted by atomic mass is 35.5. The lowest BCUT2D eigenvalue weighted by atomic mass is 10.2. The predicted molar refractivity (Wildman–Crippen MR) is 123 cm³/mol. The molecule has 11 heteroatoms. The number of hydrogen-bond acceptors (Lipinski definition) is 7. The number of sulfone groups is 1. The number of ether oxygens (including phenoxy) is 1. The van der Waals surface area contributed by atoms with E-state index in [1.807, 2.05) is 19.2 Å². The Morgan fingerprint density at radius 1 is 1.16 bits per heavy atom. The first kappa shape index (κ1) is 25.5. The van der Waals surface area contributed by atoms with E-state index in [0.29, 0.717) is 15.8 Å². The third-order valence-electron chi connectivity index (χ3n) is 3.90. The van der Waals surface area contributed by atoms with Crippen molar-refractivity contribution in [2.24, 2.45) is 0 Å². The van der Waals surface area contributed by atoms with Crippen molar-refractivity contribution >= 4 is 39.0 Å². The minimum Gasteiger partial charge on any atom is -0.477 e. The summed E-state index contributed by atoms with van der Waals surface area (Å²) in [5.41, 5.74) is 1.55. The molecule has 0 aliphatic rings. The van der Waals surface area contributed by atoms with Gasteiger partial charge in [-0.3, -0.25) is 0 Å². The maximum absolute atomic E-state index is 11.5. The Labute approximate surface area is 196 Å². The first-order chi connectivity index (χ1) is 15.0. The molecule has 0 fully saturated rings. The first-order valence-corrected chi connectivity index (χ1v) is 11.8. The van der Waals surface area contributed by atoms with Gasteiger partial charge in [0.25, 0.3) is 0 Å². The summed E-state index contributed by atoms with van der Waals surface area (Å²) >= 11 is 11.5. The second kappa shape index (κ2) is 11.2. The fraction of sp³-hybridized carbons (Fsp3) is 0.190. The zero-order chi connectivity index (χ0) is 23.9. The van der Waals surface area contributed by atoms with E-state index in [2.05, 4.69) is 15.3 Å². The minimum absolute atomic E-state index is 0.313. The van der Waals surface area contributed by atoms with Crippen molar-refractivity contribution in [2.45, 2.75) is 18.6 Å². The van der Waals surface area contributed by atoms with E-state index in [-0.39, 0.29) is 11.4 Å². The number of halogens is 2. The highest BCUT2D eigenvalue weighted by Gasteiger charge is 2.20. The molecule has 3 rings (SSSR count). The summed E-state index contributed by atoms with van der Waals surface area (Å²) in [5, 5.41) is 13.0. The molecule has 0 saturated carbocycles. The summed E-state index contributed by atoms with van der Waals surface area (Å²) in [4.78, 5) is 18.4. The van der Waals surface area contributed by atoms with Crippen LogP contribution in [0.3, 0.4) is 0 Å². The van der Waals surface area contributed by atoms with Crippen LogP contribution in [0.25, 0.3) is 0 Å². The van der Waals surface area contributed by atoms with Crippen molar-refractivity contribution in [2.75, 3.05) is 13.3 Å². The van der Waals surface area contributed by atoms with Gasteiger partial charge in [0.15, 0.2) is 0 Å². The maximum Gasteiger partial charge on any atom is 0.342 e. The number of rotatable bonds is 6. The molecule has 0 atom stereocenters. The predicted octanol–water partition coefficient (Wildman–Crippen LogP) is 4.39. The number of nitrogens with one attached hydrogen (secondary N) is 1. The molecule has 2 aromatic carbocycles. The lowest BCUT2D eigenvalue weighted by molar-refractivity contribution is 0.0692. The standard InChI is InChI=1S/C13H12N2O5S.C8H9Cl2N/c1-8-5-3-4-6-10(8)20-11-9(12(16)17)7-14-13(15-11)21(2,18)19;1-11-5-6-2-7(9)4-8(10)3-6/h3-7H,1-2H3,(H,16,17);2-4,11H,5H2,1H3. The molecular formula is C21H21Cl2N3O5S. The fourth-order valence-corrected chi connectivity index (χ4v) is 3.51. The summed E-state index contributed by atoms with van der Waals surface area (Å²) in [6.07, 6.45) is 1.85. The third-order valence-corrected chi connectivity index (χ3v) is 5.19. The molecule has 0 radical (unpaired) electrons. The van der Waals surface area contributed by atoms with Gasteiger partial charge in [0.05, 0.1) is 6.20 Å². The summed E-state index contributed by atoms with van der Waals surface area (Å²) < 4.78 is 28.4. The van der Waals surface area contributed by atoms with Crippen LogP contribution in [0.4, 0.5) is 0 Å². The zero-order valence-electron chi connectivity index (χ0n) is 17.5. The van der Waals surface area contributed by atoms with Gasteiger partial charge in [-0.15, -0.1) is 0 Å². The molecule has 8 nitrogen and oxygen atoms in total. The Kier molecular flexibility index (Phi) is 8.97. The molecule has 0 bridgehead atoms. The Morgan fingerprint density at radius 3 is 2.31 bits per heavy atom. The van der Waals surface area contributed by atoms with Gasteiger partial charge in [0.1, 0.15) is 11.3 Å². The number of carbonyl (C=O) groups is 1. The van der Waals surface area contributed by atoms with Crippen LogP contribution in [0.1, 0.15) is 21.5 Å². The molecule has 1 heterocycles. The first-order valence-electron chi connectivity index (χ1n) is 9.14. The van der Waals surface area contributed by atoms with Gasteiger partial charge in [0, 0.05) is 22.8 Å². The number of carboxylic acids is 1. The normalized spacial score (nSPS) is 10.8. The van der Waals surface area contributed by atoms with Crippen LogP contribution in [-0.4, -0.2) is 42.8 Å². The van der Waals surface area contributed by atoms with Crippen molar-refractivity contribution in [1.82, 2.24) is 15.3 Å². The molecule has 0 amide bonds. The van der Waals surface area contributed by atoms with Gasteiger partial charge >= 0.3 is 5.97 Å². The highest BCUT2D eigenvalue weighted by Crippen LogP contribution is 2.26. The number of aryl methyl sites for hydroxylation is 1. The van der Waals surface area contributed by atoms with Crippen LogP contribution in [0.2, 0.25) is 10.0 Å².